The molecule has 7 heteroatoms. The molecule has 0 aliphatic carbocycles. The van der Waals surface area contributed by atoms with Crippen molar-refractivity contribution in [2.24, 2.45) is 5.73 Å². The molecule has 1 aromatic rings. The fraction of sp³-hybridized carbons (Fsp3) is 0.545. The SMILES string of the molecule is Cc1cc(S(=O)(=O)N(CC(N)=O)C(C)C)c(C)s1. The highest BCUT2D eigenvalue weighted by atomic mass is 32.2. The summed E-state index contributed by atoms with van der Waals surface area (Å²) in [5.41, 5.74) is 5.11. The highest BCUT2D eigenvalue weighted by molar-refractivity contribution is 7.89. The zero-order valence-electron chi connectivity index (χ0n) is 10.9. The summed E-state index contributed by atoms with van der Waals surface area (Å²) in [5, 5.41) is 0. The van der Waals surface area contributed by atoms with E-state index in [0.29, 0.717) is 0 Å². The minimum atomic E-state index is -3.66. The number of carbonyl (C=O) groups is 1. The van der Waals surface area contributed by atoms with Gasteiger partial charge in [-0.3, -0.25) is 4.79 Å². The molecule has 0 spiro atoms. The number of sulfonamides is 1. The second-order valence-electron chi connectivity index (χ2n) is 4.39. The Hall–Kier alpha value is -0.920. The molecule has 1 aromatic heterocycles. The summed E-state index contributed by atoms with van der Waals surface area (Å²) in [4.78, 5) is 12.9. The third-order valence-electron chi connectivity index (χ3n) is 2.47. The third-order valence-corrected chi connectivity index (χ3v) is 5.71. The Morgan fingerprint density at radius 3 is 2.33 bits per heavy atom. The number of hydrogen-bond acceptors (Lipinski definition) is 4. The minimum Gasteiger partial charge on any atom is -0.369 e. The molecule has 0 bridgehead atoms. The summed E-state index contributed by atoms with van der Waals surface area (Å²) in [6, 6.07) is 1.31. The van der Waals surface area contributed by atoms with E-state index in [9.17, 15) is 13.2 Å². The predicted octanol–water partition coefficient (Wildman–Crippen LogP) is 1.25. The number of nitrogens with zero attached hydrogens (tertiary/aromatic N) is 1. The van der Waals surface area contributed by atoms with E-state index in [2.05, 4.69) is 0 Å². The van der Waals surface area contributed by atoms with Crippen LogP contribution >= 0.6 is 11.3 Å². The fourth-order valence-electron chi connectivity index (χ4n) is 1.69. The normalized spacial score (nSPS) is 12.3. The first-order valence-corrected chi connectivity index (χ1v) is 7.79. The zero-order chi connectivity index (χ0) is 14.1. The van der Waals surface area contributed by atoms with E-state index in [4.69, 9.17) is 5.73 Å². The first-order valence-electron chi connectivity index (χ1n) is 5.53. The quantitative estimate of drug-likeness (QED) is 0.886. The largest absolute Gasteiger partial charge is 0.369 e. The van der Waals surface area contributed by atoms with Crippen LogP contribution in [-0.2, 0) is 14.8 Å². The molecule has 0 aliphatic rings. The van der Waals surface area contributed by atoms with Gasteiger partial charge >= 0.3 is 0 Å². The van der Waals surface area contributed by atoms with E-state index in [-0.39, 0.29) is 17.5 Å². The van der Waals surface area contributed by atoms with Crippen LogP contribution in [0.25, 0.3) is 0 Å². The molecule has 1 heterocycles. The molecule has 0 fully saturated rings. The number of hydrogen-bond donors (Lipinski definition) is 1. The van der Waals surface area contributed by atoms with Crippen LogP contribution in [0.1, 0.15) is 23.6 Å². The molecular weight excluding hydrogens is 272 g/mol. The Bertz CT molecular complexity index is 547. The van der Waals surface area contributed by atoms with Gasteiger partial charge in [0.2, 0.25) is 15.9 Å². The first kappa shape index (κ1) is 15.1. The van der Waals surface area contributed by atoms with E-state index < -0.39 is 15.9 Å². The van der Waals surface area contributed by atoms with E-state index in [1.54, 1.807) is 26.8 Å². The molecule has 0 aliphatic heterocycles. The van der Waals surface area contributed by atoms with E-state index >= 15 is 0 Å². The lowest BCUT2D eigenvalue weighted by atomic mass is 10.4. The fourth-order valence-corrected chi connectivity index (χ4v) is 4.82. The maximum Gasteiger partial charge on any atom is 0.244 e. The third kappa shape index (κ3) is 3.09. The summed E-state index contributed by atoms with van der Waals surface area (Å²) in [5.74, 6) is -0.656. The van der Waals surface area contributed by atoms with E-state index in [1.807, 2.05) is 6.92 Å². The predicted molar refractivity (Wildman–Crippen MR) is 72.0 cm³/mol. The van der Waals surface area contributed by atoms with Crippen molar-refractivity contribution in [2.75, 3.05) is 6.54 Å². The summed E-state index contributed by atoms with van der Waals surface area (Å²) < 4.78 is 26.1. The molecule has 5 nitrogen and oxygen atoms in total. The number of amides is 1. The lowest BCUT2D eigenvalue weighted by Crippen LogP contribution is -2.42. The van der Waals surface area contributed by atoms with Crippen LogP contribution < -0.4 is 5.73 Å². The second kappa shape index (κ2) is 5.38. The number of aryl methyl sites for hydroxylation is 2. The molecule has 0 atom stereocenters. The minimum absolute atomic E-state index is 0.264. The van der Waals surface area contributed by atoms with Gasteiger partial charge < -0.3 is 5.73 Å². The summed E-state index contributed by atoms with van der Waals surface area (Å²) >= 11 is 1.42. The lowest BCUT2D eigenvalue weighted by Gasteiger charge is -2.24. The monoisotopic (exact) mass is 290 g/mol. The lowest BCUT2D eigenvalue weighted by molar-refractivity contribution is -0.118. The topological polar surface area (TPSA) is 80.5 Å². The van der Waals surface area contributed by atoms with Gasteiger partial charge in [-0.15, -0.1) is 11.3 Å². The van der Waals surface area contributed by atoms with E-state index in [1.165, 1.54) is 11.3 Å². The van der Waals surface area contributed by atoms with Crippen LogP contribution in [0, 0.1) is 13.8 Å². The maximum atomic E-state index is 12.5. The second-order valence-corrected chi connectivity index (χ2v) is 7.71. The number of carbonyl (C=O) groups excluding carboxylic acids is 1. The van der Waals surface area contributed by atoms with Crippen molar-refractivity contribution in [1.82, 2.24) is 4.31 Å². The van der Waals surface area contributed by atoms with Gasteiger partial charge in [-0.25, -0.2) is 8.42 Å². The van der Waals surface area contributed by atoms with Gasteiger partial charge in [0.15, 0.2) is 0 Å². The number of rotatable bonds is 5. The van der Waals surface area contributed by atoms with Crippen LogP contribution in [0.2, 0.25) is 0 Å². The Kier molecular flexibility index (Phi) is 4.52. The van der Waals surface area contributed by atoms with Gasteiger partial charge in [0.25, 0.3) is 0 Å². The van der Waals surface area contributed by atoms with Gasteiger partial charge in [0.1, 0.15) is 0 Å². The van der Waals surface area contributed by atoms with Crippen LogP contribution in [-0.4, -0.2) is 31.2 Å². The van der Waals surface area contributed by atoms with Crippen molar-refractivity contribution in [3.05, 3.63) is 15.8 Å². The molecule has 0 unspecified atom stereocenters. The Labute approximate surface area is 112 Å². The van der Waals surface area contributed by atoms with Crippen LogP contribution in [0.15, 0.2) is 11.0 Å². The van der Waals surface area contributed by atoms with E-state index in [0.717, 1.165) is 14.1 Å². The van der Waals surface area contributed by atoms with Crippen LogP contribution in [0.5, 0.6) is 0 Å². The maximum absolute atomic E-state index is 12.5. The van der Waals surface area contributed by atoms with Crippen molar-refractivity contribution < 1.29 is 13.2 Å². The molecule has 0 saturated carbocycles. The number of thiophene rings is 1. The van der Waals surface area contributed by atoms with Crippen LogP contribution in [0.3, 0.4) is 0 Å². The molecular formula is C11H18N2O3S2. The van der Waals surface area contributed by atoms with Crippen molar-refractivity contribution in [1.29, 1.82) is 0 Å². The molecule has 0 aromatic carbocycles. The molecule has 0 radical (unpaired) electrons. The summed E-state index contributed by atoms with van der Waals surface area (Å²) in [6.07, 6.45) is 0. The van der Waals surface area contributed by atoms with Gasteiger partial charge in [-0.05, 0) is 33.8 Å². The molecule has 2 N–H and O–H groups in total. The highest BCUT2D eigenvalue weighted by Crippen LogP contribution is 2.28. The van der Waals surface area contributed by atoms with Crippen molar-refractivity contribution in [3.8, 4) is 0 Å². The van der Waals surface area contributed by atoms with Crippen LogP contribution in [0.4, 0.5) is 0 Å². The standard InChI is InChI=1S/C11H18N2O3S2/c1-7(2)13(6-11(12)14)18(15,16)10-5-8(3)17-9(10)4/h5,7H,6H2,1-4H3,(H2,12,14). The molecule has 0 saturated heterocycles. The first-order chi connectivity index (χ1) is 8.16. The van der Waals surface area contributed by atoms with Gasteiger partial charge in [0, 0.05) is 15.8 Å². The molecule has 102 valence electrons. The average molecular weight is 290 g/mol. The Morgan fingerprint density at radius 2 is 2.00 bits per heavy atom. The van der Waals surface area contributed by atoms with Crippen molar-refractivity contribution >= 4 is 27.3 Å². The average Bonchev–Trinajstić information content (AvgIpc) is 2.54. The van der Waals surface area contributed by atoms with Gasteiger partial charge in [-0.2, -0.15) is 4.31 Å². The zero-order valence-corrected chi connectivity index (χ0v) is 12.6. The highest BCUT2D eigenvalue weighted by Gasteiger charge is 2.30. The van der Waals surface area contributed by atoms with Crippen molar-refractivity contribution in [3.63, 3.8) is 0 Å². The molecule has 1 rings (SSSR count). The number of nitrogens with two attached hydrogens (primary N) is 1. The summed E-state index contributed by atoms with van der Waals surface area (Å²) in [6.45, 7) is 6.75. The number of primary amides is 1. The van der Waals surface area contributed by atoms with Gasteiger partial charge in [0.05, 0.1) is 11.4 Å². The summed E-state index contributed by atoms with van der Waals surface area (Å²) in [7, 11) is -3.66. The molecule has 18 heavy (non-hydrogen) atoms. The molecule has 1 amide bonds. The Morgan fingerprint density at radius 1 is 1.44 bits per heavy atom. The Balaban J connectivity index is 3.25. The smallest absolute Gasteiger partial charge is 0.244 e. The van der Waals surface area contributed by atoms with Gasteiger partial charge in [-0.1, -0.05) is 0 Å². The van der Waals surface area contributed by atoms with Crippen molar-refractivity contribution in [2.45, 2.75) is 38.6 Å².